The summed E-state index contributed by atoms with van der Waals surface area (Å²) in [6.07, 6.45) is -8.87. The summed E-state index contributed by atoms with van der Waals surface area (Å²) < 4.78 is 60.4. The largest absolute Gasteiger partial charge is 0.441 e. The zero-order valence-corrected chi connectivity index (χ0v) is 6.80. The molecule has 0 aromatic heterocycles. The molecule has 14 heavy (non-hydrogen) atoms. The van der Waals surface area contributed by atoms with Crippen LogP contribution in [0.25, 0.3) is 0 Å². The van der Waals surface area contributed by atoms with Crippen molar-refractivity contribution in [3.63, 3.8) is 0 Å². The van der Waals surface area contributed by atoms with Gasteiger partial charge in [0.15, 0.2) is 0 Å². The van der Waals surface area contributed by atoms with Crippen LogP contribution >= 0.6 is 0 Å². The van der Waals surface area contributed by atoms with E-state index >= 15 is 0 Å². The molecule has 1 nitrogen and oxygen atoms in total. The van der Waals surface area contributed by atoms with Crippen molar-refractivity contribution < 1.29 is 22.0 Å². The number of halogens is 5. The normalized spacial score (nSPS) is 13.8. The van der Waals surface area contributed by atoms with E-state index in [1.165, 1.54) is 18.2 Å². The molecular weight excluding hydrogens is 205 g/mol. The van der Waals surface area contributed by atoms with Gasteiger partial charge in [-0.1, -0.05) is 22.7 Å². The van der Waals surface area contributed by atoms with Gasteiger partial charge in [0.25, 0.3) is 6.30 Å². The lowest BCUT2D eigenvalue weighted by Crippen LogP contribution is -2.37. The highest BCUT2D eigenvalue weighted by atomic mass is 19.4. The Kier molecular flexibility index (Phi) is 2.93. The maximum Gasteiger partial charge on any atom is 0.441 e. The molecule has 0 fully saturated rings. The molecule has 6 heteroatoms. The summed E-state index contributed by atoms with van der Waals surface area (Å²) >= 11 is 0. The molecule has 0 radical (unpaired) electrons. The first-order valence-electron chi connectivity index (χ1n) is 3.64. The zero-order chi connectivity index (χ0) is 10.8. The van der Waals surface area contributed by atoms with Crippen molar-refractivity contribution in [1.29, 1.82) is 0 Å². The smallest absolute Gasteiger partial charge is 0.211 e. The van der Waals surface area contributed by atoms with Crippen molar-refractivity contribution in [1.82, 2.24) is 0 Å². The van der Waals surface area contributed by atoms with Gasteiger partial charge >= 0.3 is 6.18 Å². The van der Waals surface area contributed by atoms with Gasteiger partial charge in [-0.15, -0.1) is 0 Å². The van der Waals surface area contributed by atoms with Crippen LogP contribution < -0.4 is 5.12 Å². The first-order valence-corrected chi connectivity index (χ1v) is 3.64. The van der Waals surface area contributed by atoms with E-state index < -0.39 is 23.3 Å². The van der Waals surface area contributed by atoms with E-state index in [0.29, 0.717) is 0 Å². The molecule has 1 unspecified atom stereocenters. The number of hydrogen-bond donors (Lipinski definition) is 0. The highest BCUT2D eigenvalue weighted by Gasteiger charge is 2.45. The summed E-state index contributed by atoms with van der Waals surface area (Å²) in [5.74, 6) is 0. The average molecular weight is 211 g/mol. The fourth-order valence-corrected chi connectivity index (χ4v) is 0.830. The third kappa shape index (κ3) is 2.34. The third-order valence-electron chi connectivity index (χ3n) is 1.47. The van der Waals surface area contributed by atoms with Gasteiger partial charge in [-0.05, 0) is 12.1 Å². The van der Waals surface area contributed by atoms with Gasteiger partial charge in [-0.2, -0.15) is 18.3 Å². The summed E-state index contributed by atoms with van der Waals surface area (Å²) in [7, 11) is 0. The van der Waals surface area contributed by atoms with Gasteiger partial charge in [0.2, 0.25) is 0 Å². The SMILES string of the molecule is FC(N(F)c1ccccc1)C(F)(F)F. The number of nitrogens with zero attached hydrogens (tertiary/aromatic N) is 1. The summed E-state index contributed by atoms with van der Waals surface area (Å²) in [4.78, 5) is 0. The van der Waals surface area contributed by atoms with Crippen molar-refractivity contribution in [3.05, 3.63) is 30.3 Å². The lowest BCUT2D eigenvalue weighted by atomic mass is 10.3. The minimum atomic E-state index is -5.23. The molecule has 0 bridgehead atoms. The van der Waals surface area contributed by atoms with Crippen LogP contribution in [0.3, 0.4) is 0 Å². The zero-order valence-electron chi connectivity index (χ0n) is 6.80. The second-order valence-corrected chi connectivity index (χ2v) is 2.52. The monoisotopic (exact) mass is 211 g/mol. The number of benzene rings is 1. The second kappa shape index (κ2) is 3.81. The van der Waals surface area contributed by atoms with Gasteiger partial charge in [0, 0.05) is 0 Å². The maximum atomic E-state index is 12.8. The van der Waals surface area contributed by atoms with Crippen LogP contribution in [-0.4, -0.2) is 12.5 Å². The summed E-state index contributed by atoms with van der Waals surface area (Å²) in [6, 6.07) is 6.19. The molecule has 0 aliphatic heterocycles. The quantitative estimate of drug-likeness (QED) is 0.412. The molecule has 0 N–H and O–H groups in total. The van der Waals surface area contributed by atoms with Crippen LogP contribution in [-0.2, 0) is 0 Å². The van der Waals surface area contributed by atoms with Crippen molar-refractivity contribution in [2.75, 3.05) is 5.12 Å². The minimum Gasteiger partial charge on any atom is -0.211 e. The van der Waals surface area contributed by atoms with E-state index in [1.807, 2.05) is 0 Å². The Morgan fingerprint density at radius 1 is 1.07 bits per heavy atom. The van der Waals surface area contributed by atoms with Gasteiger partial charge in [-0.25, -0.2) is 4.39 Å². The van der Waals surface area contributed by atoms with Crippen LogP contribution in [0.1, 0.15) is 0 Å². The van der Waals surface area contributed by atoms with Crippen molar-refractivity contribution in [2.45, 2.75) is 12.5 Å². The molecule has 0 heterocycles. The highest BCUT2D eigenvalue weighted by Crippen LogP contribution is 2.29. The highest BCUT2D eigenvalue weighted by molar-refractivity contribution is 5.43. The number of rotatable bonds is 2. The van der Waals surface area contributed by atoms with Crippen molar-refractivity contribution >= 4 is 5.69 Å². The summed E-state index contributed by atoms with van der Waals surface area (Å²) in [6.45, 7) is 0. The molecule has 1 aromatic rings. The van der Waals surface area contributed by atoms with Crippen molar-refractivity contribution in [3.8, 4) is 0 Å². The summed E-state index contributed by atoms with van der Waals surface area (Å²) in [5.41, 5.74) is -0.475. The molecular formula is C8H6F5N. The topological polar surface area (TPSA) is 3.24 Å². The first-order chi connectivity index (χ1) is 6.43. The van der Waals surface area contributed by atoms with E-state index in [0.717, 1.165) is 12.1 Å². The van der Waals surface area contributed by atoms with E-state index in [-0.39, 0.29) is 0 Å². The van der Waals surface area contributed by atoms with Crippen molar-refractivity contribution in [2.24, 2.45) is 0 Å². The molecule has 0 saturated heterocycles. The van der Waals surface area contributed by atoms with Gasteiger partial charge < -0.3 is 0 Å². The number of anilines is 1. The Morgan fingerprint density at radius 2 is 1.57 bits per heavy atom. The minimum absolute atomic E-state index is 0.475. The van der Waals surface area contributed by atoms with E-state index in [4.69, 9.17) is 0 Å². The number of hydrogen-bond acceptors (Lipinski definition) is 1. The lowest BCUT2D eigenvalue weighted by molar-refractivity contribution is -0.188. The maximum absolute atomic E-state index is 12.8. The third-order valence-corrected chi connectivity index (χ3v) is 1.47. The molecule has 0 saturated carbocycles. The van der Waals surface area contributed by atoms with Crippen LogP contribution in [0, 0.1) is 0 Å². The number of alkyl halides is 4. The van der Waals surface area contributed by atoms with Gasteiger partial charge in [0.05, 0.1) is 5.69 Å². The Labute approximate surface area is 76.7 Å². The molecule has 0 aliphatic rings. The molecule has 0 amide bonds. The van der Waals surface area contributed by atoms with Crippen LogP contribution in [0.2, 0.25) is 0 Å². The Hall–Kier alpha value is -1.33. The van der Waals surface area contributed by atoms with Crippen LogP contribution in [0.5, 0.6) is 0 Å². The molecule has 0 spiro atoms. The molecule has 78 valence electrons. The van der Waals surface area contributed by atoms with E-state index in [9.17, 15) is 22.0 Å². The first kappa shape index (κ1) is 10.7. The van der Waals surface area contributed by atoms with Crippen LogP contribution in [0.4, 0.5) is 27.7 Å². The van der Waals surface area contributed by atoms with Crippen LogP contribution in [0.15, 0.2) is 30.3 Å². The Morgan fingerprint density at radius 3 is 2.00 bits per heavy atom. The van der Waals surface area contributed by atoms with E-state index in [2.05, 4.69) is 0 Å². The predicted octanol–water partition coefficient (Wildman–Crippen LogP) is 3.24. The molecule has 1 aromatic carbocycles. The Bertz CT molecular complexity index is 284. The average Bonchev–Trinajstić information content (AvgIpc) is 2.15. The molecule has 0 aliphatic carbocycles. The standard InChI is InChI=1S/C8H6F5N/c9-7(8(10,11)12)14(13)6-4-2-1-3-5-6/h1-5,7H. The lowest BCUT2D eigenvalue weighted by Gasteiger charge is -2.20. The van der Waals surface area contributed by atoms with Gasteiger partial charge in [-0.3, -0.25) is 0 Å². The molecule has 1 rings (SSSR count). The number of para-hydroxylation sites is 1. The fraction of sp³-hybridized carbons (Fsp3) is 0.250. The van der Waals surface area contributed by atoms with Gasteiger partial charge in [0.1, 0.15) is 0 Å². The summed E-state index contributed by atoms with van der Waals surface area (Å²) in [5, 5.41) is -0.958. The fourth-order valence-electron chi connectivity index (χ4n) is 0.830. The Balaban J connectivity index is 2.81. The predicted molar refractivity (Wildman–Crippen MR) is 41.0 cm³/mol. The molecule has 1 atom stereocenters. The van der Waals surface area contributed by atoms with E-state index in [1.54, 1.807) is 0 Å². The second-order valence-electron chi connectivity index (χ2n) is 2.52.